The number of hydrogen-bond donors (Lipinski definition) is 1. The molecular weight excluding hydrogens is 452 g/mol. The number of H-pyrrole nitrogens is 1. The predicted octanol–water partition coefficient (Wildman–Crippen LogP) is 4.00. The molecule has 34 heavy (non-hydrogen) atoms. The Hall–Kier alpha value is -3.62. The van der Waals surface area contributed by atoms with Crippen LogP contribution in [0, 0.1) is 6.92 Å². The van der Waals surface area contributed by atoms with Crippen LogP contribution < -0.4 is 15.0 Å². The van der Waals surface area contributed by atoms with Crippen LogP contribution in [-0.4, -0.2) is 30.9 Å². The van der Waals surface area contributed by atoms with E-state index in [0.29, 0.717) is 35.8 Å². The summed E-state index contributed by atoms with van der Waals surface area (Å²) in [5.41, 5.74) is 2.40. The van der Waals surface area contributed by atoms with Crippen molar-refractivity contribution in [3.05, 3.63) is 99.8 Å². The van der Waals surface area contributed by atoms with Crippen molar-refractivity contribution >= 4 is 20.9 Å². The van der Waals surface area contributed by atoms with Crippen LogP contribution in [0.2, 0.25) is 0 Å². The molecule has 3 aromatic carbocycles. The monoisotopic (exact) mass is 476 g/mol. The van der Waals surface area contributed by atoms with Gasteiger partial charge in [-0.15, -0.1) is 0 Å². The van der Waals surface area contributed by atoms with Gasteiger partial charge in [0.1, 0.15) is 13.2 Å². The maximum Gasteiger partial charge on any atom is 0.252 e. The molecule has 0 saturated carbocycles. The average molecular weight is 477 g/mol. The van der Waals surface area contributed by atoms with Gasteiger partial charge in [-0.05, 0) is 36.8 Å². The molecule has 0 fully saturated rings. The zero-order valence-corrected chi connectivity index (χ0v) is 19.5. The second kappa shape index (κ2) is 8.96. The summed E-state index contributed by atoms with van der Waals surface area (Å²) in [6.45, 7) is 2.86. The SMILES string of the molecule is Cc1ccc(S(=O)(=O)N(Cc2ccccc2)Cc2cc3cc4c(cc3[nH]c2=O)OCCO4)cc1. The van der Waals surface area contributed by atoms with Crippen LogP contribution in [0.3, 0.4) is 0 Å². The van der Waals surface area contributed by atoms with Crippen molar-refractivity contribution in [2.75, 3.05) is 13.2 Å². The molecule has 8 heteroatoms. The van der Waals surface area contributed by atoms with E-state index in [9.17, 15) is 13.2 Å². The number of ether oxygens (including phenoxy) is 2. The van der Waals surface area contributed by atoms with Gasteiger partial charge in [-0.3, -0.25) is 4.79 Å². The van der Waals surface area contributed by atoms with E-state index in [1.54, 1.807) is 42.5 Å². The third-order valence-electron chi connectivity index (χ3n) is 5.79. The summed E-state index contributed by atoms with van der Waals surface area (Å²) in [6.07, 6.45) is 0. The van der Waals surface area contributed by atoms with Gasteiger partial charge in [0.2, 0.25) is 10.0 Å². The highest BCUT2D eigenvalue weighted by atomic mass is 32.2. The third kappa shape index (κ3) is 4.42. The molecule has 0 unspecified atom stereocenters. The predicted molar refractivity (Wildman–Crippen MR) is 130 cm³/mol. The average Bonchev–Trinajstić information content (AvgIpc) is 2.84. The van der Waals surface area contributed by atoms with Crippen LogP contribution in [-0.2, 0) is 23.1 Å². The lowest BCUT2D eigenvalue weighted by Crippen LogP contribution is -2.32. The van der Waals surface area contributed by atoms with Crippen LogP contribution in [0.25, 0.3) is 10.9 Å². The van der Waals surface area contributed by atoms with E-state index in [0.717, 1.165) is 16.5 Å². The van der Waals surface area contributed by atoms with Gasteiger partial charge in [0.15, 0.2) is 11.5 Å². The van der Waals surface area contributed by atoms with Crippen LogP contribution in [0.4, 0.5) is 0 Å². The van der Waals surface area contributed by atoms with E-state index in [1.165, 1.54) is 4.31 Å². The highest BCUT2D eigenvalue weighted by Gasteiger charge is 2.26. The zero-order chi connectivity index (χ0) is 23.7. The summed E-state index contributed by atoms with van der Waals surface area (Å²) < 4.78 is 39.8. The van der Waals surface area contributed by atoms with E-state index < -0.39 is 10.0 Å². The second-order valence-corrected chi connectivity index (χ2v) is 10.2. The third-order valence-corrected chi connectivity index (χ3v) is 7.60. The topological polar surface area (TPSA) is 88.7 Å². The molecule has 0 atom stereocenters. The Morgan fingerprint density at radius 2 is 1.56 bits per heavy atom. The lowest BCUT2D eigenvalue weighted by atomic mass is 10.1. The van der Waals surface area contributed by atoms with Gasteiger partial charge in [0.05, 0.1) is 10.4 Å². The number of sulfonamides is 1. The number of fused-ring (bicyclic) bond motifs is 2. The van der Waals surface area contributed by atoms with E-state index >= 15 is 0 Å². The number of aryl methyl sites for hydroxylation is 1. The normalized spacial score (nSPS) is 13.4. The number of benzene rings is 3. The first-order valence-corrected chi connectivity index (χ1v) is 12.4. The van der Waals surface area contributed by atoms with Gasteiger partial charge in [-0.2, -0.15) is 4.31 Å². The van der Waals surface area contributed by atoms with Crippen molar-refractivity contribution in [2.45, 2.75) is 24.9 Å². The van der Waals surface area contributed by atoms with E-state index in [4.69, 9.17) is 9.47 Å². The summed E-state index contributed by atoms with van der Waals surface area (Å²) in [4.78, 5) is 16.0. The smallest absolute Gasteiger partial charge is 0.252 e. The van der Waals surface area contributed by atoms with Crippen molar-refractivity contribution in [3.8, 4) is 11.5 Å². The Labute approximate surface area is 197 Å². The number of nitrogens with one attached hydrogen (secondary N) is 1. The molecule has 174 valence electrons. The molecule has 0 radical (unpaired) electrons. The number of aromatic amines is 1. The van der Waals surface area contributed by atoms with Gasteiger partial charge < -0.3 is 14.5 Å². The van der Waals surface area contributed by atoms with Crippen LogP contribution in [0.5, 0.6) is 11.5 Å². The summed E-state index contributed by atoms with van der Waals surface area (Å²) >= 11 is 0. The van der Waals surface area contributed by atoms with Crippen molar-refractivity contribution < 1.29 is 17.9 Å². The Kier molecular flexibility index (Phi) is 5.85. The number of hydrogen-bond acceptors (Lipinski definition) is 5. The summed E-state index contributed by atoms with van der Waals surface area (Å²) in [7, 11) is -3.86. The lowest BCUT2D eigenvalue weighted by molar-refractivity contribution is 0.172. The van der Waals surface area contributed by atoms with Gasteiger partial charge in [-0.25, -0.2) is 8.42 Å². The van der Waals surface area contributed by atoms with Crippen molar-refractivity contribution in [1.29, 1.82) is 0 Å². The molecule has 5 rings (SSSR count). The Morgan fingerprint density at radius 1 is 0.882 bits per heavy atom. The lowest BCUT2D eigenvalue weighted by Gasteiger charge is -2.23. The van der Waals surface area contributed by atoms with Crippen molar-refractivity contribution in [2.24, 2.45) is 0 Å². The Balaban J connectivity index is 1.55. The highest BCUT2D eigenvalue weighted by molar-refractivity contribution is 7.89. The minimum Gasteiger partial charge on any atom is -0.486 e. The van der Waals surface area contributed by atoms with Crippen molar-refractivity contribution in [1.82, 2.24) is 9.29 Å². The first-order valence-electron chi connectivity index (χ1n) is 11.0. The number of aromatic nitrogens is 1. The molecule has 1 aliphatic rings. The van der Waals surface area contributed by atoms with Crippen LogP contribution >= 0.6 is 0 Å². The molecule has 4 aromatic rings. The molecule has 1 aliphatic heterocycles. The van der Waals surface area contributed by atoms with Crippen LogP contribution in [0.1, 0.15) is 16.7 Å². The molecule has 7 nitrogen and oxygen atoms in total. The Morgan fingerprint density at radius 3 is 2.26 bits per heavy atom. The molecule has 1 N–H and O–H groups in total. The zero-order valence-electron chi connectivity index (χ0n) is 18.7. The van der Waals surface area contributed by atoms with Gasteiger partial charge in [-0.1, -0.05) is 48.0 Å². The van der Waals surface area contributed by atoms with Gasteiger partial charge >= 0.3 is 0 Å². The minimum atomic E-state index is -3.86. The fourth-order valence-electron chi connectivity index (χ4n) is 3.97. The summed E-state index contributed by atoms with van der Waals surface area (Å²) in [5, 5.41) is 0.742. The largest absolute Gasteiger partial charge is 0.486 e. The molecule has 0 bridgehead atoms. The molecule has 0 amide bonds. The number of rotatable bonds is 6. The molecule has 1 aromatic heterocycles. The van der Waals surface area contributed by atoms with Crippen molar-refractivity contribution in [3.63, 3.8) is 0 Å². The van der Waals surface area contributed by atoms with Gasteiger partial charge in [0, 0.05) is 30.1 Å². The fourth-order valence-corrected chi connectivity index (χ4v) is 5.37. The highest BCUT2D eigenvalue weighted by Crippen LogP contribution is 2.34. The van der Waals surface area contributed by atoms with E-state index in [-0.39, 0.29) is 23.5 Å². The molecule has 0 spiro atoms. The van der Waals surface area contributed by atoms with E-state index in [1.807, 2.05) is 37.3 Å². The molecule has 0 aliphatic carbocycles. The standard InChI is InChI=1S/C26H24N2O5S/c1-18-7-9-22(10-8-18)34(30,31)28(16-19-5-3-2-4-6-19)17-21-13-20-14-24-25(33-12-11-32-24)15-23(20)27-26(21)29/h2-10,13-15H,11-12,16-17H2,1H3,(H,27,29). The van der Waals surface area contributed by atoms with Gasteiger partial charge in [0.25, 0.3) is 5.56 Å². The minimum absolute atomic E-state index is 0.0786. The molecule has 0 saturated heterocycles. The second-order valence-electron chi connectivity index (χ2n) is 8.28. The van der Waals surface area contributed by atoms with Crippen LogP contribution in [0.15, 0.2) is 82.5 Å². The maximum atomic E-state index is 13.6. The molecular formula is C26H24N2O5S. The molecule has 2 heterocycles. The maximum absolute atomic E-state index is 13.6. The first kappa shape index (κ1) is 22.2. The van der Waals surface area contributed by atoms with E-state index in [2.05, 4.69) is 4.98 Å². The summed E-state index contributed by atoms with van der Waals surface area (Å²) in [5.74, 6) is 1.18. The fraction of sp³-hybridized carbons (Fsp3) is 0.192. The number of nitrogens with zero attached hydrogens (tertiary/aromatic N) is 1. The Bertz CT molecular complexity index is 1500. The first-order chi connectivity index (χ1) is 16.4. The summed E-state index contributed by atoms with van der Waals surface area (Å²) in [6, 6.07) is 21.3. The number of pyridine rings is 1. The quantitative estimate of drug-likeness (QED) is 0.454.